The number of carbonyl (C=O) groups is 1. The molecule has 0 aromatic heterocycles. The van der Waals surface area contributed by atoms with Crippen LogP contribution in [-0.2, 0) is 4.79 Å². The van der Waals surface area contributed by atoms with Gasteiger partial charge in [-0.25, -0.2) is 0 Å². The lowest BCUT2D eigenvalue weighted by atomic mass is 10.2. The summed E-state index contributed by atoms with van der Waals surface area (Å²) < 4.78 is 6.68. The maximum atomic E-state index is 12.1. The molecular formula is C16H17BrN2O2. The molecule has 110 valence electrons. The van der Waals surface area contributed by atoms with Crippen LogP contribution in [0, 0.1) is 6.92 Å². The Morgan fingerprint density at radius 3 is 2.71 bits per heavy atom. The number of nitrogen functional groups attached to an aromatic ring is 1. The van der Waals surface area contributed by atoms with Gasteiger partial charge < -0.3 is 15.8 Å². The predicted octanol–water partition coefficient (Wildman–Crippen LogP) is 3.75. The molecule has 21 heavy (non-hydrogen) atoms. The van der Waals surface area contributed by atoms with E-state index in [1.807, 2.05) is 25.1 Å². The van der Waals surface area contributed by atoms with E-state index in [9.17, 15) is 4.79 Å². The highest BCUT2D eigenvalue weighted by Gasteiger charge is 2.16. The summed E-state index contributed by atoms with van der Waals surface area (Å²) in [5.41, 5.74) is 7.90. The van der Waals surface area contributed by atoms with Gasteiger partial charge in [0.15, 0.2) is 6.10 Å². The van der Waals surface area contributed by atoms with E-state index >= 15 is 0 Å². The second-order valence-corrected chi connectivity index (χ2v) is 5.70. The minimum atomic E-state index is -0.605. The molecule has 0 fully saturated rings. The van der Waals surface area contributed by atoms with Gasteiger partial charge in [0.1, 0.15) is 5.75 Å². The first kappa shape index (κ1) is 15.4. The number of hydrogen-bond acceptors (Lipinski definition) is 3. The van der Waals surface area contributed by atoms with Crippen molar-refractivity contribution in [2.24, 2.45) is 0 Å². The maximum Gasteiger partial charge on any atom is 0.265 e. The van der Waals surface area contributed by atoms with Crippen LogP contribution in [0.2, 0.25) is 0 Å². The third-order valence-corrected chi connectivity index (χ3v) is 3.46. The first-order valence-corrected chi connectivity index (χ1v) is 7.34. The zero-order valence-electron chi connectivity index (χ0n) is 11.9. The molecule has 1 atom stereocenters. The van der Waals surface area contributed by atoms with Crippen LogP contribution in [0.5, 0.6) is 5.75 Å². The number of ether oxygens (including phenoxy) is 1. The van der Waals surface area contributed by atoms with Gasteiger partial charge in [-0.05, 0) is 55.8 Å². The number of carbonyl (C=O) groups excluding carboxylic acids is 1. The highest BCUT2D eigenvalue weighted by Crippen LogP contribution is 2.23. The summed E-state index contributed by atoms with van der Waals surface area (Å²) >= 11 is 3.40. The maximum absolute atomic E-state index is 12.1. The number of benzene rings is 2. The summed E-state index contributed by atoms with van der Waals surface area (Å²) in [5.74, 6) is 0.469. The molecular weight excluding hydrogens is 332 g/mol. The van der Waals surface area contributed by atoms with Crippen molar-refractivity contribution in [3.05, 3.63) is 52.5 Å². The van der Waals surface area contributed by atoms with Gasteiger partial charge in [0.2, 0.25) is 0 Å². The number of rotatable bonds is 4. The number of nitrogens with two attached hydrogens (primary N) is 1. The number of nitrogens with one attached hydrogen (secondary N) is 1. The normalized spacial score (nSPS) is 11.8. The fourth-order valence-corrected chi connectivity index (χ4v) is 2.32. The van der Waals surface area contributed by atoms with E-state index in [0.29, 0.717) is 17.1 Å². The molecule has 0 bridgehead atoms. The van der Waals surface area contributed by atoms with Gasteiger partial charge in [0, 0.05) is 15.8 Å². The van der Waals surface area contributed by atoms with Crippen LogP contribution in [0.3, 0.4) is 0 Å². The Bertz CT molecular complexity index is 658. The second kappa shape index (κ2) is 6.63. The summed E-state index contributed by atoms with van der Waals surface area (Å²) in [5, 5.41) is 2.78. The van der Waals surface area contributed by atoms with E-state index in [1.165, 1.54) is 0 Å². The Morgan fingerprint density at radius 1 is 1.29 bits per heavy atom. The lowest BCUT2D eigenvalue weighted by molar-refractivity contribution is -0.122. The Hall–Kier alpha value is -2.01. The zero-order chi connectivity index (χ0) is 15.4. The van der Waals surface area contributed by atoms with Crippen molar-refractivity contribution in [2.75, 3.05) is 11.1 Å². The molecule has 0 aliphatic carbocycles. The molecule has 0 saturated heterocycles. The van der Waals surface area contributed by atoms with E-state index in [2.05, 4.69) is 21.2 Å². The molecule has 0 spiro atoms. The van der Waals surface area contributed by atoms with E-state index < -0.39 is 6.10 Å². The van der Waals surface area contributed by atoms with Crippen LogP contribution in [0.4, 0.5) is 11.4 Å². The first-order valence-electron chi connectivity index (χ1n) is 6.55. The third-order valence-electron chi connectivity index (χ3n) is 2.96. The Balaban J connectivity index is 2.02. The van der Waals surface area contributed by atoms with Gasteiger partial charge in [-0.15, -0.1) is 0 Å². The van der Waals surface area contributed by atoms with Crippen molar-refractivity contribution in [3.8, 4) is 5.75 Å². The second-order valence-electron chi connectivity index (χ2n) is 4.78. The number of anilines is 2. The van der Waals surface area contributed by atoms with Crippen molar-refractivity contribution >= 4 is 33.2 Å². The number of halogens is 1. The molecule has 2 aromatic rings. The summed E-state index contributed by atoms with van der Waals surface area (Å²) in [7, 11) is 0. The molecule has 2 rings (SSSR count). The predicted molar refractivity (Wildman–Crippen MR) is 88.5 cm³/mol. The average Bonchev–Trinajstić information content (AvgIpc) is 2.41. The standard InChI is InChI=1S/C16H17BrN2O2/c1-10-8-12(17)6-7-15(10)21-11(2)16(20)19-14-5-3-4-13(18)9-14/h3-9,11H,18H2,1-2H3,(H,19,20). The van der Waals surface area contributed by atoms with Crippen LogP contribution in [0.1, 0.15) is 12.5 Å². The van der Waals surface area contributed by atoms with Crippen LogP contribution >= 0.6 is 15.9 Å². The van der Waals surface area contributed by atoms with Gasteiger partial charge in [0.05, 0.1) is 0 Å². The molecule has 4 nitrogen and oxygen atoms in total. The summed E-state index contributed by atoms with van der Waals surface area (Å²) in [4.78, 5) is 12.1. The monoisotopic (exact) mass is 348 g/mol. The topological polar surface area (TPSA) is 64.3 Å². The Morgan fingerprint density at radius 2 is 2.05 bits per heavy atom. The van der Waals surface area contributed by atoms with Crippen LogP contribution < -0.4 is 15.8 Å². The van der Waals surface area contributed by atoms with E-state index in [0.717, 1.165) is 10.0 Å². The third kappa shape index (κ3) is 4.23. The fraction of sp³-hybridized carbons (Fsp3) is 0.188. The average molecular weight is 349 g/mol. The van der Waals surface area contributed by atoms with Crippen molar-refractivity contribution < 1.29 is 9.53 Å². The number of hydrogen-bond donors (Lipinski definition) is 2. The molecule has 0 aliphatic heterocycles. The summed E-state index contributed by atoms with van der Waals surface area (Å²) in [6.07, 6.45) is -0.605. The van der Waals surface area contributed by atoms with Crippen LogP contribution in [0.25, 0.3) is 0 Å². The Kier molecular flexibility index (Phi) is 4.85. The van der Waals surface area contributed by atoms with Crippen molar-refractivity contribution in [1.29, 1.82) is 0 Å². The molecule has 3 N–H and O–H groups in total. The molecule has 5 heteroatoms. The first-order chi connectivity index (χ1) is 9.95. The van der Waals surface area contributed by atoms with Gasteiger partial charge in [0.25, 0.3) is 5.91 Å². The lowest BCUT2D eigenvalue weighted by Gasteiger charge is -2.16. The van der Waals surface area contributed by atoms with Crippen molar-refractivity contribution in [2.45, 2.75) is 20.0 Å². The summed E-state index contributed by atoms with van der Waals surface area (Å²) in [6, 6.07) is 12.7. The van der Waals surface area contributed by atoms with Gasteiger partial charge in [-0.3, -0.25) is 4.79 Å². The van der Waals surface area contributed by atoms with E-state index in [-0.39, 0.29) is 5.91 Å². The quantitative estimate of drug-likeness (QED) is 0.827. The fourth-order valence-electron chi connectivity index (χ4n) is 1.85. The van der Waals surface area contributed by atoms with E-state index in [1.54, 1.807) is 31.2 Å². The minimum absolute atomic E-state index is 0.220. The van der Waals surface area contributed by atoms with Gasteiger partial charge in [-0.2, -0.15) is 0 Å². The SMILES string of the molecule is Cc1cc(Br)ccc1OC(C)C(=O)Nc1cccc(N)c1. The highest BCUT2D eigenvalue weighted by atomic mass is 79.9. The Labute approximate surface area is 132 Å². The zero-order valence-corrected chi connectivity index (χ0v) is 13.5. The smallest absolute Gasteiger partial charge is 0.265 e. The number of aryl methyl sites for hydroxylation is 1. The minimum Gasteiger partial charge on any atom is -0.481 e. The molecule has 0 radical (unpaired) electrons. The van der Waals surface area contributed by atoms with Crippen LogP contribution in [-0.4, -0.2) is 12.0 Å². The number of amides is 1. The van der Waals surface area contributed by atoms with Crippen molar-refractivity contribution in [1.82, 2.24) is 0 Å². The molecule has 1 unspecified atom stereocenters. The molecule has 2 aromatic carbocycles. The lowest BCUT2D eigenvalue weighted by Crippen LogP contribution is -2.30. The van der Waals surface area contributed by atoms with E-state index in [4.69, 9.17) is 10.5 Å². The van der Waals surface area contributed by atoms with Crippen LogP contribution in [0.15, 0.2) is 46.9 Å². The molecule has 0 heterocycles. The van der Waals surface area contributed by atoms with Crippen molar-refractivity contribution in [3.63, 3.8) is 0 Å². The van der Waals surface area contributed by atoms with Gasteiger partial charge >= 0.3 is 0 Å². The molecule has 1 amide bonds. The highest BCUT2D eigenvalue weighted by molar-refractivity contribution is 9.10. The molecule has 0 saturated carbocycles. The van der Waals surface area contributed by atoms with Gasteiger partial charge in [-0.1, -0.05) is 22.0 Å². The molecule has 0 aliphatic rings. The largest absolute Gasteiger partial charge is 0.481 e. The summed E-state index contributed by atoms with van der Waals surface area (Å²) in [6.45, 7) is 3.64.